The number of nitrogens with zero attached hydrogens (tertiary/aromatic N) is 3. The number of benzene rings is 2. The van der Waals surface area contributed by atoms with E-state index in [2.05, 4.69) is 15.2 Å². The molecule has 3 aromatic rings. The van der Waals surface area contributed by atoms with Crippen molar-refractivity contribution in [2.75, 3.05) is 36.5 Å². The Morgan fingerprint density at radius 1 is 1.21 bits per heavy atom. The summed E-state index contributed by atoms with van der Waals surface area (Å²) in [6.07, 6.45) is 1.41. The van der Waals surface area contributed by atoms with Gasteiger partial charge < -0.3 is 15.0 Å². The topological polar surface area (TPSA) is 76.5 Å². The predicted molar refractivity (Wildman–Crippen MR) is 114 cm³/mol. The summed E-state index contributed by atoms with van der Waals surface area (Å²) in [7, 11) is 0. The number of carbonyl (C=O) groups is 1. The number of carbonyl (C=O) groups excluding carboxylic acids is 1. The number of anilines is 2. The van der Waals surface area contributed by atoms with E-state index in [9.17, 15) is 9.59 Å². The summed E-state index contributed by atoms with van der Waals surface area (Å²) in [4.78, 5) is 31.9. The van der Waals surface area contributed by atoms with E-state index in [0.29, 0.717) is 47.9 Å². The highest BCUT2D eigenvalue weighted by atomic mass is 35.5. The van der Waals surface area contributed by atoms with Crippen LogP contribution in [0.1, 0.15) is 5.56 Å². The molecule has 1 amide bonds. The lowest BCUT2D eigenvalue weighted by atomic mass is 10.1. The van der Waals surface area contributed by atoms with Crippen LogP contribution >= 0.6 is 11.6 Å². The molecule has 1 aliphatic heterocycles. The third-order valence-electron chi connectivity index (χ3n) is 4.96. The molecular weight excluding hydrogens is 392 g/mol. The van der Waals surface area contributed by atoms with E-state index in [0.717, 1.165) is 11.3 Å². The normalized spacial score (nSPS) is 14.2. The van der Waals surface area contributed by atoms with Crippen LogP contribution in [-0.2, 0) is 16.1 Å². The maximum absolute atomic E-state index is 12.7. The van der Waals surface area contributed by atoms with Crippen molar-refractivity contribution in [1.29, 1.82) is 0 Å². The second-order valence-electron chi connectivity index (χ2n) is 6.93. The summed E-state index contributed by atoms with van der Waals surface area (Å²) in [6, 6.07) is 10.8. The van der Waals surface area contributed by atoms with Crippen molar-refractivity contribution < 1.29 is 9.53 Å². The van der Waals surface area contributed by atoms with Crippen LogP contribution in [0, 0.1) is 6.92 Å². The number of aromatic nitrogens is 2. The standard InChI is InChI=1S/C21H21ClN4O3/c1-14-4-2-5-15-19(14)23-13-26(21(15)28)12-18(27)24-17-7-3-6-16(22)20(17)25-8-10-29-11-9-25/h2-7,13H,8-12H2,1H3,(H,24,27). The minimum atomic E-state index is -0.322. The number of para-hydroxylation sites is 2. The van der Waals surface area contributed by atoms with Gasteiger partial charge in [0.05, 0.1) is 46.8 Å². The molecule has 2 aromatic carbocycles. The number of nitrogens with one attached hydrogen (secondary N) is 1. The first kappa shape index (κ1) is 19.4. The van der Waals surface area contributed by atoms with E-state index in [1.54, 1.807) is 24.3 Å². The van der Waals surface area contributed by atoms with Crippen LogP contribution in [-0.4, -0.2) is 41.8 Å². The summed E-state index contributed by atoms with van der Waals surface area (Å²) >= 11 is 6.41. The number of morpholine rings is 1. The molecule has 1 aliphatic rings. The molecule has 0 atom stereocenters. The van der Waals surface area contributed by atoms with E-state index in [1.807, 2.05) is 19.1 Å². The van der Waals surface area contributed by atoms with Crippen molar-refractivity contribution in [2.45, 2.75) is 13.5 Å². The number of aryl methyl sites for hydroxylation is 1. The van der Waals surface area contributed by atoms with Crippen molar-refractivity contribution in [3.05, 3.63) is 63.7 Å². The first-order valence-corrected chi connectivity index (χ1v) is 9.78. The molecule has 0 saturated carbocycles. The first-order chi connectivity index (χ1) is 14.0. The molecule has 8 heteroatoms. The number of fused-ring (bicyclic) bond motifs is 1. The summed E-state index contributed by atoms with van der Waals surface area (Å²) in [5.74, 6) is -0.322. The van der Waals surface area contributed by atoms with Gasteiger partial charge in [0.1, 0.15) is 6.54 Å². The summed E-state index contributed by atoms with van der Waals surface area (Å²) in [5, 5.41) is 3.95. The smallest absolute Gasteiger partial charge is 0.261 e. The first-order valence-electron chi connectivity index (χ1n) is 9.40. The van der Waals surface area contributed by atoms with Crippen molar-refractivity contribution in [3.8, 4) is 0 Å². The van der Waals surface area contributed by atoms with Gasteiger partial charge in [0.15, 0.2) is 0 Å². The molecule has 1 aromatic heterocycles. The largest absolute Gasteiger partial charge is 0.378 e. The molecule has 150 valence electrons. The van der Waals surface area contributed by atoms with E-state index < -0.39 is 0 Å². The van der Waals surface area contributed by atoms with Crippen LogP contribution in [0.15, 0.2) is 47.5 Å². The number of ether oxygens (including phenoxy) is 1. The molecule has 2 heterocycles. The average Bonchev–Trinajstić information content (AvgIpc) is 2.71. The zero-order chi connectivity index (χ0) is 20.4. The minimum absolute atomic E-state index is 0.134. The third-order valence-corrected chi connectivity index (χ3v) is 5.26. The van der Waals surface area contributed by atoms with Gasteiger partial charge in [-0.15, -0.1) is 0 Å². The zero-order valence-electron chi connectivity index (χ0n) is 16.0. The fourth-order valence-electron chi connectivity index (χ4n) is 3.52. The molecular formula is C21H21ClN4O3. The molecule has 4 rings (SSSR count). The molecule has 0 bridgehead atoms. The van der Waals surface area contributed by atoms with Crippen LogP contribution in [0.3, 0.4) is 0 Å². The van der Waals surface area contributed by atoms with Gasteiger partial charge in [0, 0.05) is 13.1 Å². The molecule has 1 N–H and O–H groups in total. The van der Waals surface area contributed by atoms with Crippen LogP contribution < -0.4 is 15.8 Å². The third kappa shape index (κ3) is 3.97. The Balaban J connectivity index is 1.58. The lowest BCUT2D eigenvalue weighted by Crippen LogP contribution is -2.37. The molecule has 1 saturated heterocycles. The van der Waals surface area contributed by atoms with E-state index in [4.69, 9.17) is 16.3 Å². The van der Waals surface area contributed by atoms with Gasteiger partial charge in [-0.25, -0.2) is 4.98 Å². The molecule has 7 nitrogen and oxygen atoms in total. The second-order valence-corrected chi connectivity index (χ2v) is 7.34. The molecule has 0 spiro atoms. The van der Waals surface area contributed by atoms with Gasteiger partial charge in [-0.1, -0.05) is 29.8 Å². The SMILES string of the molecule is Cc1cccc2c(=O)n(CC(=O)Nc3cccc(Cl)c3N3CCOCC3)cnc12. The van der Waals surface area contributed by atoms with Gasteiger partial charge >= 0.3 is 0 Å². The number of hydrogen-bond acceptors (Lipinski definition) is 5. The van der Waals surface area contributed by atoms with E-state index in [-0.39, 0.29) is 18.0 Å². The molecule has 0 aliphatic carbocycles. The van der Waals surface area contributed by atoms with Crippen LogP contribution in [0.4, 0.5) is 11.4 Å². The highest BCUT2D eigenvalue weighted by molar-refractivity contribution is 6.34. The highest BCUT2D eigenvalue weighted by Gasteiger charge is 2.19. The second kappa shape index (κ2) is 8.23. The average molecular weight is 413 g/mol. The number of hydrogen-bond donors (Lipinski definition) is 1. The highest BCUT2D eigenvalue weighted by Crippen LogP contribution is 2.34. The Morgan fingerprint density at radius 2 is 1.97 bits per heavy atom. The minimum Gasteiger partial charge on any atom is -0.378 e. The quantitative estimate of drug-likeness (QED) is 0.713. The maximum atomic E-state index is 12.7. The van der Waals surface area contributed by atoms with Crippen LogP contribution in [0.5, 0.6) is 0 Å². The van der Waals surface area contributed by atoms with Crippen molar-refractivity contribution in [2.24, 2.45) is 0 Å². The summed E-state index contributed by atoms with van der Waals surface area (Å²) < 4.78 is 6.72. The lowest BCUT2D eigenvalue weighted by Gasteiger charge is -2.31. The van der Waals surface area contributed by atoms with E-state index in [1.165, 1.54) is 10.9 Å². The van der Waals surface area contributed by atoms with Gasteiger partial charge in [-0.05, 0) is 30.7 Å². The summed E-state index contributed by atoms with van der Waals surface area (Å²) in [5.41, 5.74) is 2.71. The Labute approximate surface area is 172 Å². The molecule has 29 heavy (non-hydrogen) atoms. The number of amides is 1. The molecule has 1 fully saturated rings. The lowest BCUT2D eigenvalue weighted by molar-refractivity contribution is -0.116. The summed E-state index contributed by atoms with van der Waals surface area (Å²) in [6.45, 7) is 4.37. The van der Waals surface area contributed by atoms with Crippen molar-refractivity contribution >= 4 is 39.8 Å². The Hall–Kier alpha value is -2.90. The van der Waals surface area contributed by atoms with Crippen LogP contribution in [0.25, 0.3) is 10.9 Å². The van der Waals surface area contributed by atoms with Gasteiger partial charge in [0.2, 0.25) is 5.91 Å². The molecule has 0 radical (unpaired) electrons. The van der Waals surface area contributed by atoms with E-state index >= 15 is 0 Å². The molecule has 0 unspecified atom stereocenters. The van der Waals surface area contributed by atoms with Crippen molar-refractivity contribution in [1.82, 2.24) is 9.55 Å². The Morgan fingerprint density at radius 3 is 2.76 bits per heavy atom. The Bertz CT molecular complexity index is 1120. The Kier molecular flexibility index (Phi) is 5.51. The fraction of sp³-hybridized carbons (Fsp3) is 0.286. The van der Waals surface area contributed by atoms with Crippen molar-refractivity contribution in [3.63, 3.8) is 0 Å². The van der Waals surface area contributed by atoms with Crippen LogP contribution in [0.2, 0.25) is 5.02 Å². The maximum Gasteiger partial charge on any atom is 0.261 e. The van der Waals surface area contributed by atoms with Gasteiger partial charge in [-0.3, -0.25) is 14.2 Å². The number of rotatable bonds is 4. The predicted octanol–water partition coefficient (Wildman–Crippen LogP) is 2.83. The number of halogens is 1. The fourth-order valence-corrected chi connectivity index (χ4v) is 3.81. The monoisotopic (exact) mass is 412 g/mol. The zero-order valence-corrected chi connectivity index (χ0v) is 16.8. The van der Waals surface area contributed by atoms with Gasteiger partial charge in [0.25, 0.3) is 5.56 Å². The van der Waals surface area contributed by atoms with Gasteiger partial charge in [-0.2, -0.15) is 0 Å².